The summed E-state index contributed by atoms with van der Waals surface area (Å²) in [7, 11) is 0. The maximum atomic E-state index is 13.2. The van der Waals surface area contributed by atoms with Crippen molar-refractivity contribution in [1.29, 1.82) is 0 Å². The van der Waals surface area contributed by atoms with Crippen LogP contribution < -0.4 is 5.73 Å². The molecule has 2 aliphatic rings. The minimum absolute atomic E-state index is 0.0688. The topological polar surface area (TPSA) is 78.9 Å². The monoisotopic (exact) mass is 313 g/mol. The molecule has 1 aliphatic carbocycles. The third kappa shape index (κ3) is 3.15. The van der Waals surface area contributed by atoms with E-state index in [0.717, 1.165) is 38.0 Å². The van der Waals surface area contributed by atoms with Crippen molar-refractivity contribution in [2.75, 3.05) is 12.3 Å². The highest BCUT2D eigenvalue weighted by molar-refractivity contribution is 8.00. The molecular weight excluding hydrogens is 286 g/mol. The van der Waals surface area contributed by atoms with Gasteiger partial charge >= 0.3 is 0 Å². The Kier molecular flexibility index (Phi) is 5.41. The van der Waals surface area contributed by atoms with Crippen molar-refractivity contribution in [1.82, 2.24) is 4.90 Å². The fourth-order valence-corrected chi connectivity index (χ4v) is 4.60. The SMILES string of the molecule is CC1SCCN(C(=O)C2(C(N)=NO)CCCCCC2)C1C. The van der Waals surface area contributed by atoms with Crippen LogP contribution in [0.25, 0.3) is 0 Å². The molecule has 1 saturated heterocycles. The van der Waals surface area contributed by atoms with Crippen molar-refractivity contribution in [3.05, 3.63) is 0 Å². The van der Waals surface area contributed by atoms with Crippen LogP contribution in [0.4, 0.5) is 0 Å². The summed E-state index contributed by atoms with van der Waals surface area (Å²) in [6.07, 6.45) is 5.58. The first-order chi connectivity index (χ1) is 10.0. The van der Waals surface area contributed by atoms with Gasteiger partial charge < -0.3 is 15.8 Å². The Bertz CT molecular complexity index is 406. The fourth-order valence-electron chi connectivity index (χ4n) is 3.50. The molecule has 1 heterocycles. The number of nitrogens with two attached hydrogens (primary N) is 1. The number of oxime groups is 1. The zero-order valence-corrected chi connectivity index (χ0v) is 13.9. The Hall–Kier alpha value is -0.910. The molecule has 2 fully saturated rings. The molecule has 0 radical (unpaired) electrons. The lowest BCUT2D eigenvalue weighted by Crippen LogP contribution is -2.57. The van der Waals surface area contributed by atoms with Crippen LogP contribution in [0.5, 0.6) is 0 Å². The Morgan fingerprint density at radius 1 is 1.29 bits per heavy atom. The van der Waals surface area contributed by atoms with Gasteiger partial charge in [-0.15, -0.1) is 0 Å². The molecule has 1 amide bonds. The van der Waals surface area contributed by atoms with Crippen LogP contribution in [-0.2, 0) is 4.79 Å². The molecule has 21 heavy (non-hydrogen) atoms. The van der Waals surface area contributed by atoms with E-state index in [9.17, 15) is 10.0 Å². The number of nitrogens with zero attached hydrogens (tertiary/aromatic N) is 2. The van der Waals surface area contributed by atoms with Crippen LogP contribution in [0, 0.1) is 5.41 Å². The van der Waals surface area contributed by atoms with Crippen molar-refractivity contribution in [2.45, 2.75) is 63.7 Å². The second-order valence-corrected chi connectivity index (χ2v) is 7.78. The van der Waals surface area contributed by atoms with Crippen LogP contribution in [0.1, 0.15) is 52.4 Å². The number of hydrogen-bond acceptors (Lipinski definition) is 4. The summed E-state index contributed by atoms with van der Waals surface area (Å²) in [5.41, 5.74) is 5.20. The third-order valence-electron chi connectivity index (χ3n) is 5.11. The molecule has 0 aromatic carbocycles. The van der Waals surface area contributed by atoms with Crippen LogP contribution in [-0.4, -0.2) is 45.4 Å². The van der Waals surface area contributed by atoms with Gasteiger partial charge in [-0.25, -0.2) is 0 Å². The number of carbonyl (C=O) groups excluding carboxylic acids is 1. The normalized spacial score (nSPS) is 30.8. The van der Waals surface area contributed by atoms with E-state index in [2.05, 4.69) is 19.0 Å². The highest BCUT2D eigenvalue weighted by Gasteiger charge is 2.47. The summed E-state index contributed by atoms with van der Waals surface area (Å²) < 4.78 is 0. The maximum absolute atomic E-state index is 13.2. The van der Waals surface area contributed by atoms with Gasteiger partial charge in [0.15, 0.2) is 5.84 Å². The molecule has 0 aromatic rings. The zero-order chi connectivity index (χ0) is 15.5. The number of amides is 1. The van der Waals surface area contributed by atoms with Gasteiger partial charge in [0, 0.05) is 23.6 Å². The zero-order valence-electron chi connectivity index (χ0n) is 13.0. The van der Waals surface area contributed by atoms with E-state index in [1.54, 1.807) is 0 Å². The number of hydrogen-bond donors (Lipinski definition) is 2. The molecule has 1 saturated carbocycles. The summed E-state index contributed by atoms with van der Waals surface area (Å²) >= 11 is 1.91. The van der Waals surface area contributed by atoms with Crippen LogP contribution >= 0.6 is 11.8 Å². The lowest BCUT2D eigenvalue weighted by molar-refractivity contribution is -0.141. The molecule has 0 aromatic heterocycles. The first-order valence-corrected chi connectivity index (χ1v) is 8.98. The van der Waals surface area contributed by atoms with Gasteiger partial charge in [-0.1, -0.05) is 37.8 Å². The Morgan fingerprint density at radius 3 is 2.48 bits per heavy atom. The van der Waals surface area contributed by atoms with E-state index >= 15 is 0 Å². The highest BCUT2D eigenvalue weighted by Crippen LogP contribution is 2.39. The summed E-state index contributed by atoms with van der Waals surface area (Å²) in [5, 5.41) is 12.9. The first kappa shape index (κ1) is 16.5. The molecule has 2 rings (SSSR count). The predicted octanol–water partition coefficient (Wildman–Crippen LogP) is 2.43. The fraction of sp³-hybridized carbons (Fsp3) is 0.867. The van der Waals surface area contributed by atoms with Gasteiger partial charge in [0.25, 0.3) is 0 Å². The first-order valence-electron chi connectivity index (χ1n) is 7.93. The van der Waals surface area contributed by atoms with E-state index in [4.69, 9.17) is 5.73 Å². The van der Waals surface area contributed by atoms with Crippen LogP contribution in [0.3, 0.4) is 0 Å². The van der Waals surface area contributed by atoms with Crippen molar-refractivity contribution in [2.24, 2.45) is 16.3 Å². The summed E-state index contributed by atoms with van der Waals surface area (Å²) in [6, 6.07) is 0.197. The van der Waals surface area contributed by atoms with Gasteiger partial charge in [0.05, 0.1) is 0 Å². The Balaban J connectivity index is 2.29. The van der Waals surface area contributed by atoms with E-state index in [1.165, 1.54) is 0 Å². The van der Waals surface area contributed by atoms with Crippen molar-refractivity contribution in [3.63, 3.8) is 0 Å². The summed E-state index contributed by atoms with van der Waals surface area (Å²) in [4.78, 5) is 15.2. The smallest absolute Gasteiger partial charge is 0.236 e. The Labute approximate surface area is 131 Å². The van der Waals surface area contributed by atoms with Crippen molar-refractivity contribution >= 4 is 23.5 Å². The number of rotatable bonds is 2. The largest absolute Gasteiger partial charge is 0.409 e. The number of thioether (sulfide) groups is 1. The second kappa shape index (κ2) is 6.90. The number of amidine groups is 1. The number of carbonyl (C=O) groups is 1. The van der Waals surface area contributed by atoms with E-state index in [0.29, 0.717) is 18.1 Å². The van der Waals surface area contributed by atoms with Gasteiger partial charge in [-0.05, 0) is 19.8 Å². The lowest BCUT2D eigenvalue weighted by Gasteiger charge is -2.43. The molecule has 2 unspecified atom stereocenters. The Morgan fingerprint density at radius 2 is 1.90 bits per heavy atom. The van der Waals surface area contributed by atoms with Crippen molar-refractivity contribution in [3.8, 4) is 0 Å². The van der Waals surface area contributed by atoms with Gasteiger partial charge in [-0.2, -0.15) is 11.8 Å². The molecule has 120 valence electrons. The molecule has 5 nitrogen and oxygen atoms in total. The van der Waals surface area contributed by atoms with E-state index < -0.39 is 5.41 Å². The minimum atomic E-state index is -0.790. The van der Waals surface area contributed by atoms with Gasteiger partial charge in [-0.3, -0.25) is 4.79 Å². The average Bonchev–Trinajstić information content (AvgIpc) is 2.75. The van der Waals surface area contributed by atoms with Crippen molar-refractivity contribution < 1.29 is 10.0 Å². The molecule has 0 bridgehead atoms. The minimum Gasteiger partial charge on any atom is -0.409 e. The maximum Gasteiger partial charge on any atom is 0.236 e. The summed E-state index contributed by atoms with van der Waals surface area (Å²) in [6.45, 7) is 5.03. The molecule has 6 heteroatoms. The van der Waals surface area contributed by atoms with E-state index in [1.807, 2.05) is 16.7 Å². The lowest BCUT2D eigenvalue weighted by atomic mass is 9.77. The van der Waals surface area contributed by atoms with Crippen LogP contribution in [0.15, 0.2) is 5.16 Å². The van der Waals surface area contributed by atoms with Gasteiger partial charge in [0.2, 0.25) is 5.91 Å². The highest BCUT2D eigenvalue weighted by atomic mass is 32.2. The molecule has 0 spiro atoms. The van der Waals surface area contributed by atoms with E-state index in [-0.39, 0.29) is 17.8 Å². The second-order valence-electron chi connectivity index (χ2n) is 6.30. The average molecular weight is 313 g/mol. The quantitative estimate of drug-likeness (QED) is 0.270. The molecule has 1 aliphatic heterocycles. The van der Waals surface area contributed by atoms with Crippen LogP contribution in [0.2, 0.25) is 0 Å². The molecular formula is C15H27N3O2S. The standard InChI is InChI=1S/C15H27N3O2S/c1-11-12(2)21-10-9-18(11)14(19)15(13(16)17-20)7-5-3-4-6-8-15/h11-12,20H,3-10H2,1-2H3,(H2,16,17). The summed E-state index contributed by atoms with van der Waals surface area (Å²) in [5.74, 6) is 1.13. The molecule has 3 N–H and O–H groups in total. The van der Waals surface area contributed by atoms with Gasteiger partial charge in [0.1, 0.15) is 5.41 Å². The molecule has 2 atom stereocenters. The predicted molar refractivity (Wildman–Crippen MR) is 86.6 cm³/mol. The third-order valence-corrected chi connectivity index (χ3v) is 6.45.